The van der Waals surface area contributed by atoms with Crippen LogP contribution in [0.5, 0.6) is 0 Å². The SMILES string of the molecule is Cc1cc(=O)[nH]c(SCC2=C(Cl)N=C3/C=C\C=C/CC2CC3)n1. The molecule has 0 fully saturated rings. The molecular formula is C17H18ClN3OS. The van der Waals surface area contributed by atoms with E-state index in [4.69, 9.17) is 11.6 Å². The van der Waals surface area contributed by atoms with Gasteiger partial charge in [-0.25, -0.2) is 9.98 Å². The number of thioether (sulfide) groups is 1. The van der Waals surface area contributed by atoms with Crippen molar-refractivity contribution in [1.82, 2.24) is 9.97 Å². The Labute approximate surface area is 144 Å². The number of rotatable bonds is 3. The fraction of sp³-hybridized carbons (Fsp3) is 0.353. The van der Waals surface area contributed by atoms with Crippen LogP contribution in [0.3, 0.4) is 0 Å². The summed E-state index contributed by atoms with van der Waals surface area (Å²) in [5.41, 5.74) is 2.75. The van der Waals surface area contributed by atoms with Gasteiger partial charge in [-0.2, -0.15) is 0 Å². The van der Waals surface area contributed by atoms with Crippen LogP contribution in [0.2, 0.25) is 0 Å². The van der Waals surface area contributed by atoms with E-state index in [0.29, 0.717) is 22.0 Å². The quantitative estimate of drug-likeness (QED) is 0.511. The first-order valence-corrected chi connectivity index (χ1v) is 8.98. The summed E-state index contributed by atoms with van der Waals surface area (Å²) in [6, 6.07) is 1.49. The zero-order chi connectivity index (χ0) is 16.2. The average molecular weight is 348 g/mol. The number of aliphatic imine (C=N–C) groups is 1. The highest BCUT2D eigenvalue weighted by Crippen LogP contribution is 2.34. The van der Waals surface area contributed by atoms with Gasteiger partial charge in [-0.15, -0.1) is 0 Å². The Hall–Kier alpha value is -1.59. The van der Waals surface area contributed by atoms with Crippen LogP contribution in [-0.2, 0) is 0 Å². The molecule has 0 saturated carbocycles. The third-order valence-corrected chi connectivity index (χ3v) is 5.17. The molecule has 2 bridgehead atoms. The number of H-pyrrole nitrogens is 1. The van der Waals surface area contributed by atoms with Crippen molar-refractivity contribution in [1.29, 1.82) is 0 Å². The van der Waals surface area contributed by atoms with Gasteiger partial charge in [0.25, 0.3) is 5.56 Å². The average Bonchev–Trinajstić information content (AvgIpc) is 2.57. The standard InChI is InChI=1S/C17H18ClN3OS/c1-11-9-15(22)21-17(19-11)23-10-14-12-5-3-2-4-6-13(8-7-12)20-16(14)18/h2-4,6,9,12H,5,7-8,10H2,1H3,(H,19,21,22)/b3-2-,6-4-. The van der Waals surface area contributed by atoms with Gasteiger partial charge in [-0.1, -0.05) is 41.6 Å². The predicted molar refractivity (Wildman–Crippen MR) is 96.3 cm³/mol. The second-order valence-corrected chi connectivity index (χ2v) is 6.98. The van der Waals surface area contributed by atoms with E-state index >= 15 is 0 Å². The minimum atomic E-state index is -0.125. The van der Waals surface area contributed by atoms with Crippen molar-refractivity contribution in [2.45, 2.75) is 31.3 Å². The van der Waals surface area contributed by atoms with Crippen molar-refractivity contribution in [2.24, 2.45) is 10.9 Å². The normalized spacial score (nSPS) is 23.6. The third-order valence-electron chi connectivity index (χ3n) is 3.92. The Morgan fingerprint density at radius 3 is 3.13 bits per heavy atom. The molecule has 2 heterocycles. The second kappa shape index (κ2) is 7.32. The Bertz CT molecular complexity index is 776. The summed E-state index contributed by atoms with van der Waals surface area (Å²) in [5, 5.41) is 1.21. The number of fused-ring (bicyclic) bond motifs is 3. The number of nitrogens with zero attached hydrogens (tertiary/aromatic N) is 2. The van der Waals surface area contributed by atoms with Crippen LogP contribution in [0.15, 0.2) is 56.0 Å². The van der Waals surface area contributed by atoms with Crippen molar-refractivity contribution >= 4 is 29.1 Å². The highest BCUT2D eigenvalue weighted by Gasteiger charge is 2.22. The Kier molecular flexibility index (Phi) is 5.18. The Morgan fingerprint density at radius 2 is 2.30 bits per heavy atom. The molecule has 0 aromatic carbocycles. The summed E-state index contributed by atoms with van der Waals surface area (Å²) in [7, 11) is 0. The van der Waals surface area contributed by atoms with Crippen molar-refractivity contribution in [3.05, 3.63) is 57.1 Å². The fourth-order valence-electron chi connectivity index (χ4n) is 2.73. The molecule has 1 atom stereocenters. The van der Waals surface area contributed by atoms with E-state index in [0.717, 1.165) is 36.2 Å². The molecule has 0 spiro atoms. The summed E-state index contributed by atoms with van der Waals surface area (Å²) in [6.45, 7) is 1.82. The summed E-state index contributed by atoms with van der Waals surface area (Å²) in [4.78, 5) is 23.2. The summed E-state index contributed by atoms with van der Waals surface area (Å²) >= 11 is 7.98. The maximum atomic E-state index is 11.6. The van der Waals surface area contributed by atoms with E-state index in [2.05, 4.69) is 27.1 Å². The van der Waals surface area contributed by atoms with Crippen molar-refractivity contribution in [2.75, 3.05) is 5.75 Å². The number of halogens is 1. The molecule has 0 saturated heterocycles. The smallest absolute Gasteiger partial charge is 0.251 e. The number of allylic oxidation sites excluding steroid dienone is 4. The molecule has 3 rings (SSSR count). The van der Waals surface area contributed by atoms with Crippen LogP contribution < -0.4 is 5.56 Å². The predicted octanol–water partition coefficient (Wildman–Crippen LogP) is 3.99. The monoisotopic (exact) mass is 347 g/mol. The van der Waals surface area contributed by atoms with Crippen molar-refractivity contribution < 1.29 is 0 Å². The highest BCUT2D eigenvalue weighted by molar-refractivity contribution is 7.99. The van der Waals surface area contributed by atoms with E-state index in [1.807, 2.05) is 19.1 Å². The summed E-state index contributed by atoms with van der Waals surface area (Å²) < 4.78 is 0. The molecule has 1 aliphatic carbocycles. The van der Waals surface area contributed by atoms with Gasteiger partial charge in [0.15, 0.2) is 5.16 Å². The number of aromatic amines is 1. The molecule has 1 unspecified atom stereocenters. The molecule has 6 heteroatoms. The Balaban J connectivity index is 1.85. The Morgan fingerprint density at radius 1 is 1.43 bits per heavy atom. The molecule has 1 aliphatic heterocycles. The van der Waals surface area contributed by atoms with Crippen molar-refractivity contribution in [3.8, 4) is 0 Å². The van der Waals surface area contributed by atoms with Crippen LogP contribution in [0, 0.1) is 12.8 Å². The topological polar surface area (TPSA) is 58.1 Å². The van der Waals surface area contributed by atoms with Gasteiger partial charge in [0.1, 0.15) is 5.16 Å². The number of hydrogen-bond acceptors (Lipinski definition) is 4. The fourth-order valence-corrected chi connectivity index (χ4v) is 4.19. The van der Waals surface area contributed by atoms with Gasteiger partial charge >= 0.3 is 0 Å². The van der Waals surface area contributed by atoms with E-state index < -0.39 is 0 Å². The van der Waals surface area contributed by atoms with Crippen LogP contribution in [0.4, 0.5) is 0 Å². The molecule has 120 valence electrons. The van der Waals surface area contributed by atoms with Crippen molar-refractivity contribution in [3.63, 3.8) is 0 Å². The molecule has 1 aromatic heterocycles. The molecule has 4 nitrogen and oxygen atoms in total. The zero-order valence-electron chi connectivity index (χ0n) is 12.9. The van der Waals surface area contributed by atoms with Gasteiger partial charge in [0.05, 0.1) is 0 Å². The highest BCUT2D eigenvalue weighted by atomic mass is 35.5. The van der Waals surface area contributed by atoms with Gasteiger partial charge in [0, 0.05) is 23.2 Å². The number of aromatic nitrogens is 2. The first kappa shape index (κ1) is 16.3. The number of aryl methyl sites for hydroxylation is 1. The molecule has 23 heavy (non-hydrogen) atoms. The second-order valence-electron chi connectivity index (χ2n) is 5.66. The summed E-state index contributed by atoms with van der Waals surface area (Å²) in [5.74, 6) is 1.06. The molecular weight excluding hydrogens is 330 g/mol. The number of nitrogens with one attached hydrogen (secondary N) is 1. The van der Waals surface area contributed by atoms with Crippen LogP contribution in [0.1, 0.15) is 25.0 Å². The van der Waals surface area contributed by atoms with Gasteiger partial charge in [0.2, 0.25) is 0 Å². The molecule has 0 amide bonds. The lowest BCUT2D eigenvalue weighted by Crippen LogP contribution is -2.10. The molecule has 1 N–H and O–H groups in total. The molecule has 1 aromatic rings. The molecule has 0 radical (unpaired) electrons. The van der Waals surface area contributed by atoms with E-state index in [1.165, 1.54) is 17.8 Å². The van der Waals surface area contributed by atoms with Gasteiger partial charge < -0.3 is 4.98 Å². The maximum Gasteiger partial charge on any atom is 0.251 e. The summed E-state index contributed by atoms with van der Waals surface area (Å²) in [6.07, 6.45) is 11.2. The van der Waals surface area contributed by atoms with E-state index in [1.54, 1.807) is 0 Å². The third kappa shape index (κ3) is 4.24. The molecule has 2 aliphatic rings. The van der Waals surface area contributed by atoms with Crippen LogP contribution in [-0.4, -0.2) is 21.4 Å². The van der Waals surface area contributed by atoms with Gasteiger partial charge in [-0.05, 0) is 43.8 Å². The van der Waals surface area contributed by atoms with E-state index in [9.17, 15) is 4.79 Å². The number of hydrogen-bond donors (Lipinski definition) is 1. The minimum absolute atomic E-state index is 0.125. The first-order chi connectivity index (χ1) is 11.1. The first-order valence-electron chi connectivity index (χ1n) is 7.62. The van der Waals surface area contributed by atoms with Crippen LogP contribution in [0.25, 0.3) is 0 Å². The lowest BCUT2D eigenvalue weighted by atomic mass is 9.92. The van der Waals surface area contributed by atoms with E-state index in [-0.39, 0.29) is 5.56 Å². The van der Waals surface area contributed by atoms with Gasteiger partial charge in [-0.3, -0.25) is 4.79 Å². The van der Waals surface area contributed by atoms with Crippen LogP contribution >= 0.6 is 23.4 Å². The lowest BCUT2D eigenvalue weighted by Gasteiger charge is -2.17. The zero-order valence-corrected chi connectivity index (χ0v) is 14.5. The minimum Gasteiger partial charge on any atom is -0.301 e. The largest absolute Gasteiger partial charge is 0.301 e. The lowest BCUT2D eigenvalue weighted by molar-refractivity contribution is 0.586. The maximum absolute atomic E-state index is 11.6.